The Kier molecular flexibility index (Phi) is 5.28. The van der Waals surface area contributed by atoms with Crippen molar-refractivity contribution < 1.29 is 0 Å². The molecule has 0 bridgehead atoms. The van der Waals surface area contributed by atoms with Gasteiger partial charge in [0.1, 0.15) is 0 Å². The van der Waals surface area contributed by atoms with Gasteiger partial charge in [0.05, 0.1) is 6.20 Å². The molecule has 0 atom stereocenters. The molecular weight excluding hydrogens is 336 g/mol. The van der Waals surface area contributed by atoms with Gasteiger partial charge in [-0.2, -0.15) is 5.10 Å². The lowest BCUT2D eigenvalue weighted by atomic mass is 10.1. The molecule has 0 fully saturated rings. The Bertz CT molecular complexity index is 879. The predicted molar refractivity (Wildman–Crippen MR) is 103 cm³/mol. The number of H-pyrrole nitrogens is 1. The van der Waals surface area contributed by atoms with Gasteiger partial charge in [0.2, 0.25) is 0 Å². The lowest BCUT2D eigenvalue weighted by molar-refractivity contribution is 0.477. The van der Waals surface area contributed by atoms with E-state index >= 15 is 0 Å². The normalized spacial score (nSPS) is 11.9. The van der Waals surface area contributed by atoms with Crippen LogP contribution in [0.2, 0.25) is 5.02 Å². The van der Waals surface area contributed by atoms with Crippen LogP contribution in [0.3, 0.4) is 0 Å². The van der Waals surface area contributed by atoms with E-state index in [9.17, 15) is 0 Å². The van der Waals surface area contributed by atoms with Crippen LogP contribution in [0.4, 0.5) is 0 Å². The van der Waals surface area contributed by atoms with Crippen LogP contribution < -0.4 is 5.32 Å². The molecule has 2 N–H and O–H groups in total. The van der Waals surface area contributed by atoms with E-state index < -0.39 is 0 Å². The van der Waals surface area contributed by atoms with Gasteiger partial charge in [-0.3, -0.25) is 9.67 Å². The smallest absolute Gasteiger partial charge is 0.193 e. The number of aryl methyl sites for hydroxylation is 1. The summed E-state index contributed by atoms with van der Waals surface area (Å²) in [5.74, 6) is 0.863. The van der Waals surface area contributed by atoms with Crippen molar-refractivity contribution >= 4 is 28.5 Å². The van der Waals surface area contributed by atoms with E-state index in [1.165, 1.54) is 10.9 Å². The summed E-state index contributed by atoms with van der Waals surface area (Å²) >= 11 is 6.11. The van der Waals surface area contributed by atoms with Crippen molar-refractivity contribution in [3.8, 4) is 0 Å². The summed E-state index contributed by atoms with van der Waals surface area (Å²) in [6, 6.07) is 5.92. The van der Waals surface area contributed by atoms with Gasteiger partial charge in [-0.15, -0.1) is 0 Å². The van der Waals surface area contributed by atoms with Crippen LogP contribution >= 0.6 is 11.6 Å². The van der Waals surface area contributed by atoms with E-state index in [1.54, 1.807) is 7.05 Å². The number of hydrogen-bond donors (Lipinski definition) is 2. The van der Waals surface area contributed by atoms with Crippen LogP contribution in [0.1, 0.15) is 11.1 Å². The van der Waals surface area contributed by atoms with Crippen molar-refractivity contribution in [2.45, 2.75) is 13.0 Å². The number of aliphatic imine (C=N–C) groups is 1. The molecule has 25 heavy (non-hydrogen) atoms. The third-order valence-corrected chi connectivity index (χ3v) is 4.39. The van der Waals surface area contributed by atoms with Crippen LogP contribution in [0.25, 0.3) is 10.9 Å². The second-order valence-corrected chi connectivity index (χ2v) is 6.54. The zero-order valence-corrected chi connectivity index (χ0v) is 15.5. The fourth-order valence-corrected chi connectivity index (χ4v) is 3.13. The van der Waals surface area contributed by atoms with Crippen molar-refractivity contribution in [3.05, 3.63) is 52.9 Å². The van der Waals surface area contributed by atoms with Gasteiger partial charge in [-0.05, 0) is 30.2 Å². The fourth-order valence-electron chi connectivity index (χ4n) is 2.95. The molecule has 0 saturated carbocycles. The highest BCUT2D eigenvalue weighted by molar-refractivity contribution is 6.31. The van der Waals surface area contributed by atoms with E-state index in [1.807, 2.05) is 55.6 Å². The summed E-state index contributed by atoms with van der Waals surface area (Å²) in [4.78, 5) is 9.74. The predicted octanol–water partition coefficient (Wildman–Crippen LogP) is 2.80. The highest BCUT2D eigenvalue weighted by Gasteiger charge is 2.09. The van der Waals surface area contributed by atoms with Crippen molar-refractivity contribution in [1.82, 2.24) is 25.0 Å². The van der Waals surface area contributed by atoms with Gasteiger partial charge in [0, 0.05) is 68.1 Å². The zero-order chi connectivity index (χ0) is 17.8. The molecule has 3 aromatic rings. The molecule has 6 nitrogen and oxygen atoms in total. The number of fused-ring (bicyclic) bond motifs is 1. The van der Waals surface area contributed by atoms with Gasteiger partial charge < -0.3 is 15.2 Å². The Morgan fingerprint density at radius 1 is 1.44 bits per heavy atom. The van der Waals surface area contributed by atoms with Crippen molar-refractivity contribution in [3.63, 3.8) is 0 Å². The number of guanidine groups is 1. The molecule has 0 saturated heterocycles. The fraction of sp³-hybridized carbons (Fsp3) is 0.333. The van der Waals surface area contributed by atoms with Gasteiger partial charge in [0.15, 0.2) is 5.96 Å². The maximum Gasteiger partial charge on any atom is 0.193 e. The van der Waals surface area contributed by atoms with E-state index in [0.717, 1.165) is 41.6 Å². The topological polar surface area (TPSA) is 61.2 Å². The minimum absolute atomic E-state index is 0.758. The van der Waals surface area contributed by atoms with Gasteiger partial charge in [-0.25, -0.2) is 0 Å². The molecule has 0 radical (unpaired) electrons. The average molecular weight is 359 g/mol. The number of halogens is 1. The number of rotatable bonds is 5. The monoisotopic (exact) mass is 358 g/mol. The van der Waals surface area contributed by atoms with Crippen LogP contribution in [-0.2, 0) is 20.0 Å². The Morgan fingerprint density at radius 2 is 2.28 bits per heavy atom. The van der Waals surface area contributed by atoms with Crippen LogP contribution in [0.15, 0.2) is 41.8 Å². The second kappa shape index (κ2) is 7.61. The van der Waals surface area contributed by atoms with Crippen LogP contribution in [0, 0.1) is 0 Å². The number of aromatic amines is 1. The largest absolute Gasteiger partial charge is 0.361 e. The van der Waals surface area contributed by atoms with Crippen molar-refractivity contribution in [2.75, 3.05) is 20.6 Å². The third-order valence-electron chi connectivity index (χ3n) is 4.16. The summed E-state index contributed by atoms with van der Waals surface area (Å²) in [6.07, 6.45) is 6.82. The molecule has 0 aliphatic carbocycles. The Hall–Kier alpha value is -2.47. The minimum atomic E-state index is 0.758. The highest BCUT2D eigenvalue weighted by atomic mass is 35.5. The van der Waals surface area contributed by atoms with Crippen LogP contribution in [0.5, 0.6) is 0 Å². The average Bonchev–Trinajstić information content (AvgIpc) is 3.17. The summed E-state index contributed by atoms with van der Waals surface area (Å²) < 4.78 is 1.81. The summed E-state index contributed by atoms with van der Waals surface area (Å²) in [5, 5.41) is 9.55. The molecule has 2 heterocycles. The number of benzene rings is 1. The van der Waals surface area contributed by atoms with Gasteiger partial charge >= 0.3 is 0 Å². The molecule has 1 aromatic carbocycles. The van der Waals surface area contributed by atoms with Gasteiger partial charge in [0.25, 0.3) is 0 Å². The van der Waals surface area contributed by atoms with E-state index in [4.69, 9.17) is 11.6 Å². The molecule has 132 valence electrons. The Labute approximate surface area is 152 Å². The molecule has 2 aromatic heterocycles. The van der Waals surface area contributed by atoms with Gasteiger partial charge in [-0.1, -0.05) is 11.6 Å². The number of aromatic nitrogens is 3. The maximum atomic E-state index is 6.11. The second-order valence-electron chi connectivity index (χ2n) is 6.11. The number of hydrogen-bond acceptors (Lipinski definition) is 2. The highest BCUT2D eigenvalue weighted by Crippen LogP contribution is 2.22. The molecule has 0 aliphatic rings. The summed E-state index contributed by atoms with van der Waals surface area (Å²) in [7, 11) is 5.74. The Morgan fingerprint density at radius 3 is 3.00 bits per heavy atom. The Balaban J connectivity index is 1.58. The molecular formula is C18H23ClN6. The zero-order valence-electron chi connectivity index (χ0n) is 14.8. The lowest BCUT2D eigenvalue weighted by Gasteiger charge is -2.21. The lowest BCUT2D eigenvalue weighted by Crippen LogP contribution is -2.39. The van der Waals surface area contributed by atoms with E-state index in [0.29, 0.717) is 0 Å². The van der Waals surface area contributed by atoms with E-state index in [-0.39, 0.29) is 0 Å². The maximum absolute atomic E-state index is 6.11. The number of nitrogens with one attached hydrogen (secondary N) is 2. The quantitative estimate of drug-likeness (QED) is 0.544. The first kappa shape index (κ1) is 17.4. The molecule has 0 spiro atoms. The minimum Gasteiger partial charge on any atom is -0.361 e. The van der Waals surface area contributed by atoms with Crippen molar-refractivity contribution in [2.24, 2.45) is 12.0 Å². The molecule has 3 rings (SSSR count). The standard InChI is InChI=1S/C18H23ClN6/c1-20-18(24(2)11-13-9-23-25(3)12-13)21-7-6-14-10-22-17-5-4-15(19)8-16(14)17/h4-5,8-10,12,22H,6-7,11H2,1-3H3,(H,20,21). The molecule has 0 amide bonds. The summed E-state index contributed by atoms with van der Waals surface area (Å²) in [6.45, 7) is 1.56. The first-order valence-electron chi connectivity index (χ1n) is 8.21. The van der Waals surface area contributed by atoms with Crippen LogP contribution in [-0.4, -0.2) is 46.3 Å². The molecule has 0 unspecified atom stereocenters. The molecule has 0 aliphatic heterocycles. The number of nitrogens with zero attached hydrogens (tertiary/aromatic N) is 4. The summed E-state index contributed by atoms with van der Waals surface area (Å²) in [5.41, 5.74) is 3.51. The first-order valence-corrected chi connectivity index (χ1v) is 8.59. The third kappa shape index (κ3) is 4.14. The first-order chi connectivity index (χ1) is 12.1. The van der Waals surface area contributed by atoms with E-state index in [2.05, 4.69) is 25.3 Å². The SMILES string of the molecule is CN=C(NCCc1c[nH]c2ccc(Cl)cc12)N(C)Cc1cnn(C)c1. The molecule has 7 heteroatoms. The van der Waals surface area contributed by atoms with Crippen molar-refractivity contribution in [1.29, 1.82) is 0 Å².